The van der Waals surface area contributed by atoms with Crippen LogP contribution in [0.5, 0.6) is 0 Å². The van der Waals surface area contributed by atoms with E-state index in [-0.39, 0.29) is 11.9 Å². The number of amides is 1. The minimum Gasteiger partial charge on any atom is -0.379 e. The molecule has 1 aromatic carbocycles. The van der Waals surface area contributed by atoms with Gasteiger partial charge in [0.25, 0.3) is 0 Å². The number of rotatable bonds is 6. The Morgan fingerprint density at radius 2 is 2.00 bits per heavy atom. The number of nitrogens with one attached hydrogen (secondary N) is 1. The smallest absolute Gasteiger partial charge is 0.240 e. The fraction of sp³-hybridized carbons (Fsp3) is 0.474. The van der Waals surface area contributed by atoms with Crippen molar-refractivity contribution < 1.29 is 9.53 Å². The first-order valence-corrected chi connectivity index (χ1v) is 8.72. The summed E-state index contributed by atoms with van der Waals surface area (Å²) < 4.78 is 7.40. The highest BCUT2D eigenvalue weighted by Crippen LogP contribution is 2.20. The van der Waals surface area contributed by atoms with Crippen LogP contribution in [0.2, 0.25) is 0 Å². The predicted molar refractivity (Wildman–Crippen MR) is 96.0 cm³/mol. The molecular formula is C19H26N4O2. The van der Waals surface area contributed by atoms with Gasteiger partial charge in [-0.3, -0.25) is 9.69 Å². The highest BCUT2D eigenvalue weighted by molar-refractivity contribution is 5.85. The second-order valence-corrected chi connectivity index (χ2v) is 6.85. The van der Waals surface area contributed by atoms with E-state index in [0.29, 0.717) is 19.8 Å². The third-order valence-corrected chi connectivity index (χ3v) is 4.82. The molecule has 1 aliphatic rings. The summed E-state index contributed by atoms with van der Waals surface area (Å²) in [4.78, 5) is 19.3. The number of hydrogen-bond acceptors (Lipinski definition) is 4. The zero-order valence-corrected chi connectivity index (χ0v) is 14.9. The second-order valence-electron chi connectivity index (χ2n) is 6.85. The van der Waals surface area contributed by atoms with E-state index in [0.717, 1.165) is 18.7 Å². The van der Waals surface area contributed by atoms with Gasteiger partial charge < -0.3 is 14.6 Å². The molecule has 3 rings (SSSR count). The fourth-order valence-corrected chi connectivity index (χ4v) is 3.13. The largest absolute Gasteiger partial charge is 0.379 e. The molecule has 1 aromatic heterocycles. The van der Waals surface area contributed by atoms with Crippen LogP contribution in [0.3, 0.4) is 0 Å². The number of hydrogen-bond donors (Lipinski definition) is 1. The first kappa shape index (κ1) is 17.6. The van der Waals surface area contributed by atoms with Crippen molar-refractivity contribution in [3.05, 3.63) is 54.6 Å². The van der Waals surface area contributed by atoms with Crippen molar-refractivity contribution in [2.24, 2.45) is 0 Å². The molecule has 2 aromatic rings. The van der Waals surface area contributed by atoms with Crippen LogP contribution in [0.25, 0.3) is 0 Å². The number of morpholine rings is 1. The number of imidazole rings is 1. The molecule has 1 aliphatic heterocycles. The van der Waals surface area contributed by atoms with Gasteiger partial charge in [0.05, 0.1) is 31.1 Å². The van der Waals surface area contributed by atoms with Gasteiger partial charge in [-0.05, 0) is 19.4 Å². The summed E-state index contributed by atoms with van der Waals surface area (Å²) in [7, 11) is 0. The van der Waals surface area contributed by atoms with E-state index >= 15 is 0 Å². The summed E-state index contributed by atoms with van der Waals surface area (Å²) in [5.74, 6) is 0.0309. The zero-order chi connectivity index (χ0) is 17.7. The van der Waals surface area contributed by atoms with Crippen molar-refractivity contribution in [1.29, 1.82) is 0 Å². The van der Waals surface area contributed by atoms with Gasteiger partial charge in [-0.1, -0.05) is 30.3 Å². The van der Waals surface area contributed by atoms with Gasteiger partial charge in [0.15, 0.2) is 0 Å². The van der Waals surface area contributed by atoms with E-state index in [1.54, 1.807) is 12.5 Å². The van der Waals surface area contributed by atoms with Crippen LogP contribution in [0.1, 0.15) is 25.5 Å². The van der Waals surface area contributed by atoms with Crippen molar-refractivity contribution in [3.63, 3.8) is 0 Å². The SMILES string of the molecule is CC(C)(C(=O)N[C@@H](Cn1ccnc1)c1ccccc1)N1CCOCC1. The number of carbonyl (C=O) groups is 1. The van der Waals surface area contributed by atoms with Crippen molar-refractivity contribution in [2.45, 2.75) is 32.0 Å². The molecule has 6 nitrogen and oxygen atoms in total. The standard InChI is InChI=1S/C19H26N4O2/c1-19(2,23-10-12-25-13-11-23)18(24)21-17(14-22-9-8-20-15-22)16-6-4-3-5-7-16/h3-9,15,17H,10-14H2,1-2H3,(H,21,24)/t17-/m0/s1. The molecule has 25 heavy (non-hydrogen) atoms. The van der Waals surface area contributed by atoms with Gasteiger partial charge in [0.2, 0.25) is 5.91 Å². The first-order valence-electron chi connectivity index (χ1n) is 8.72. The van der Waals surface area contributed by atoms with E-state index < -0.39 is 5.54 Å². The molecule has 0 spiro atoms. The number of carbonyl (C=O) groups excluding carboxylic acids is 1. The summed E-state index contributed by atoms with van der Waals surface area (Å²) in [5.41, 5.74) is 0.508. The minimum atomic E-state index is -0.578. The normalized spacial score (nSPS) is 17.2. The van der Waals surface area contributed by atoms with Gasteiger partial charge in [0, 0.05) is 32.0 Å². The summed E-state index contributed by atoms with van der Waals surface area (Å²) in [6.45, 7) is 7.51. The van der Waals surface area contributed by atoms with E-state index in [1.165, 1.54) is 0 Å². The summed E-state index contributed by atoms with van der Waals surface area (Å²) >= 11 is 0. The molecule has 2 heterocycles. The lowest BCUT2D eigenvalue weighted by Crippen LogP contribution is -2.58. The Morgan fingerprint density at radius 3 is 2.64 bits per heavy atom. The van der Waals surface area contributed by atoms with Crippen LogP contribution in [-0.4, -0.2) is 52.2 Å². The lowest BCUT2D eigenvalue weighted by molar-refractivity contribution is -0.135. The number of aromatic nitrogens is 2. The van der Waals surface area contributed by atoms with Crippen molar-refractivity contribution in [3.8, 4) is 0 Å². The zero-order valence-electron chi connectivity index (χ0n) is 14.9. The van der Waals surface area contributed by atoms with Crippen LogP contribution >= 0.6 is 0 Å². The van der Waals surface area contributed by atoms with Gasteiger partial charge in [-0.2, -0.15) is 0 Å². The van der Waals surface area contributed by atoms with Gasteiger partial charge in [0.1, 0.15) is 0 Å². The average Bonchev–Trinajstić information content (AvgIpc) is 3.15. The van der Waals surface area contributed by atoms with Crippen LogP contribution in [-0.2, 0) is 16.1 Å². The van der Waals surface area contributed by atoms with Gasteiger partial charge in [-0.25, -0.2) is 4.98 Å². The van der Waals surface area contributed by atoms with Crippen molar-refractivity contribution in [1.82, 2.24) is 19.8 Å². The molecule has 6 heteroatoms. The summed E-state index contributed by atoms with van der Waals surface area (Å²) in [6.07, 6.45) is 5.44. The van der Waals surface area contributed by atoms with Crippen LogP contribution in [0.15, 0.2) is 49.1 Å². The van der Waals surface area contributed by atoms with Crippen LogP contribution in [0, 0.1) is 0 Å². The number of ether oxygens (including phenoxy) is 1. The topological polar surface area (TPSA) is 59.4 Å². The molecule has 0 aliphatic carbocycles. The third-order valence-electron chi connectivity index (χ3n) is 4.82. The Bertz CT molecular complexity index is 664. The molecule has 1 fully saturated rings. The number of benzene rings is 1. The maximum absolute atomic E-state index is 13.1. The van der Waals surface area contributed by atoms with Crippen molar-refractivity contribution in [2.75, 3.05) is 26.3 Å². The molecule has 1 N–H and O–H groups in total. The van der Waals surface area contributed by atoms with Crippen LogP contribution < -0.4 is 5.32 Å². The van der Waals surface area contributed by atoms with Gasteiger partial charge in [-0.15, -0.1) is 0 Å². The molecule has 1 atom stereocenters. The summed E-state index contributed by atoms with van der Waals surface area (Å²) in [5, 5.41) is 3.24. The molecule has 0 saturated carbocycles. The first-order chi connectivity index (χ1) is 12.1. The highest BCUT2D eigenvalue weighted by atomic mass is 16.5. The molecule has 0 radical (unpaired) electrons. The molecule has 1 amide bonds. The van der Waals surface area contributed by atoms with E-state index in [1.807, 2.05) is 54.9 Å². The van der Waals surface area contributed by atoms with E-state index in [9.17, 15) is 4.79 Å². The minimum absolute atomic E-state index is 0.0309. The lowest BCUT2D eigenvalue weighted by Gasteiger charge is -2.40. The Morgan fingerprint density at radius 1 is 1.28 bits per heavy atom. The van der Waals surface area contributed by atoms with E-state index in [2.05, 4.69) is 15.2 Å². The Balaban J connectivity index is 1.75. The highest BCUT2D eigenvalue weighted by Gasteiger charge is 2.36. The monoisotopic (exact) mass is 342 g/mol. The molecule has 0 unspecified atom stereocenters. The molecule has 1 saturated heterocycles. The number of nitrogens with zero attached hydrogens (tertiary/aromatic N) is 3. The maximum Gasteiger partial charge on any atom is 0.240 e. The Labute approximate surface area is 148 Å². The van der Waals surface area contributed by atoms with Gasteiger partial charge >= 0.3 is 0 Å². The predicted octanol–water partition coefficient (Wildman–Crippen LogP) is 1.85. The molecule has 134 valence electrons. The fourth-order valence-electron chi connectivity index (χ4n) is 3.13. The van der Waals surface area contributed by atoms with E-state index in [4.69, 9.17) is 4.74 Å². The van der Waals surface area contributed by atoms with Crippen LogP contribution in [0.4, 0.5) is 0 Å². The lowest BCUT2D eigenvalue weighted by atomic mass is 9.98. The molecule has 0 bridgehead atoms. The Hall–Kier alpha value is -2.18. The maximum atomic E-state index is 13.1. The Kier molecular flexibility index (Phi) is 5.50. The summed E-state index contributed by atoms with van der Waals surface area (Å²) in [6, 6.07) is 9.96. The molecular weight excluding hydrogens is 316 g/mol. The average molecular weight is 342 g/mol. The second kappa shape index (κ2) is 7.80. The third kappa shape index (κ3) is 4.27. The van der Waals surface area contributed by atoms with Crippen molar-refractivity contribution >= 4 is 5.91 Å². The quantitative estimate of drug-likeness (QED) is 0.870.